The van der Waals surface area contributed by atoms with Gasteiger partial charge in [0.2, 0.25) is 0 Å². The van der Waals surface area contributed by atoms with Crippen LogP contribution >= 0.6 is 47.3 Å². The van der Waals surface area contributed by atoms with E-state index in [4.69, 9.17) is 16.3 Å². The van der Waals surface area contributed by atoms with Gasteiger partial charge in [-0.25, -0.2) is 9.29 Å². The highest BCUT2D eigenvalue weighted by Crippen LogP contribution is 2.36. The molecule has 1 aromatic heterocycles. The Bertz CT molecular complexity index is 1140. The topological polar surface area (TPSA) is 37.4 Å². The summed E-state index contributed by atoms with van der Waals surface area (Å²) in [5, 5.41) is 0.0374. The summed E-state index contributed by atoms with van der Waals surface area (Å²) in [5.74, 6) is 0.615. The van der Waals surface area contributed by atoms with Crippen LogP contribution in [0.25, 0.3) is 0 Å². The first-order valence-electron chi connectivity index (χ1n) is 10.9. The van der Waals surface area contributed by atoms with Gasteiger partial charge in [-0.2, -0.15) is 13.2 Å². The van der Waals surface area contributed by atoms with Crippen LogP contribution in [0.3, 0.4) is 0 Å². The molecule has 0 aliphatic carbocycles. The van der Waals surface area contributed by atoms with E-state index in [0.717, 1.165) is 72.3 Å². The summed E-state index contributed by atoms with van der Waals surface area (Å²) in [6.07, 6.45) is -3.68. The van der Waals surface area contributed by atoms with Crippen molar-refractivity contribution in [1.82, 2.24) is 9.29 Å². The molecule has 3 aromatic rings. The lowest BCUT2D eigenvalue weighted by Gasteiger charge is -2.25. The molecule has 1 aliphatic rings. The van der Waals surface area contributed by atoms with Gasteiger partial charge >= 0.3 is 6.18 Å². The molecule has 0 saturated carbocycles. The zero-order chi connectivity index (χ0) is 24.8. The van der Waals surface area contributed by atoms with Gasteiger partial charge in [-0.15, -0.1) is 0 Å². The van der Waals surface area contributed by atoms with Crippen molar-refractivity contribution >= 4 is 53.1 Å². The van der Waals surface area contributed by atoms with Crippen LogP contribution in [0.4, 0.5) is 19.0 Å². The van der Waals surface area contributed by atoms with Crippen LogP contribution in [-0.2, 0) is 17.3 Å². The van der Waals surface area contributed by atoms with Crippen LogP contribution in [0, 0.1) is 0 Å². The Balaban J connectivity index is 1.37. The van der Waals surface area contributed by atoms with Crippen molar-refractivity contribution in [2.24, 2.45) is 0 Å². The maximum Gasteiger partial charge on any atom is 0.416 e. The van der Waals surface area contributed by atoms with Crippen molar-refractivity contribution in [3.8, 4) is 0 Å². The summed E-state index contributed by atoms with van der Waals surface area (Å²) in [7, 11) is 0. The lowest BCUT2D eigenvalue weighted by atomic mass is 10.2. The maximum atomic E-state index is 12.8. The van der Waals surface area contributed by atoms with Gasteiger partial charge in [-0.3, -0.25) is 0 Å². The third-order valence-electron chi connectivity index (χ3n) is 5.05. The molecule has 0 radical (unpaired) electrons. The number of hydrogen-bond donors (Lipinski definition) is 1. The van der Waals surface area contributed by atoms with E-state index in [1.807, 2.05) is 19.1 Å². The highest BCUT2D eigenvalue weighted by molar-refractivity contribution is 8.00. The van der Waals surface area contributed by atoms with E-state index in [-0.39, 0.29) is 5.02 Å². The number of benzene rings is 2. The van der Waals surface area contributed by atoms with Crippen LogP contribution in [0.15, 0.2) is 74.2 Å². The van der Waals surface area contributed by atoms with Gasteiger partial charge in [0.25, 0.3) is 0 Å². The Hall–Kier alpha value is -1.56. The first kappa shape index (κ1) is 26.5. The van der Waals surface area contributed by atoms with Crippen LogP contribution in [-0.4, -0.2) is 35.6 Å². The second-order valence-corrected chi connectivity index (χ2v) is 11.1. The first-order valence-corrected chi connectivity index (χ1v) is 13.7. The Morgan fingerprint density at radius 1 is 1.00 bits per heavy atom. The fourth-order valence-electron chi connectivity index (χ4n) is 3.24. The lowest BCUT2D eigenvalue weighted by Crippen LogP contribution is -2.30. The number of ether oxygens (including phenoxy) is 1. The van der Waals surface area contributed by atoms with Crippen molar-refractivity contribution in [3.05, 3.63) is 70.9 Å². The second-order valence-electron chi connectivity index (χ2n) is 7.55. The zero-order valence-electron chi connectivity index (χ0n) is 18.8. The fourth-order valence-corrected chi connectivity index (χ4v) is 6.02. The molecule has 0 unspecified atom stereocenters. The van der Waals surface area contributed by atoms with Crippen molar-refractivity contribution in [1.29, 1.82) is 0 Å². The van der Waals surface area contributed by atoms with E-state index in [9.17, 15) is 13.2 Å². The molecule has 1 saturated heterocycles. The molecule has 0 spiro atoms. The molecule has 0 amide bonds. The number of pyridine rings is 1. The molecule has 11 heteroatoms. The number of anilines is 1. The summed E-state index contributed by atoms with van der Waals surface area (Å²) in [6, 6.07) is 15.6. The van der Waals surface area contributed by atoms with Gasteiger partial charge in [0.1, 0.15) is 5.82 Å². The molecule has 2 heterocycles. The molecular weight excluding hydrogens is 535 g/mol. The van der Waals surface area contributed by atoms with E-state index < -0.39 is 11.7 Å². The normalized spacial score (nSPS) is 14.8. The minimum atomic E-state index is -4.42. The highest BCUT2D eigenvalue weighted by atomic mass is 35.5. The smallest absolute Gasteiger partial charge is 0.379 e. The summed E-state index contributed by atoms with van der Waals surface area (Å²) in [5.41, 5.74) is 0.165. The molecule has 4 rings (SSSR count). The van der Waals surface area contributed by atoms with Gasteiger partial charge in [0.15, 0.2) is 0 Å². The Labute approximate surface area is 220 Å². The van der Waals surface area contributed by atoms with Gasteiger partial charge in [-0.1, -0.05) is 30.3 Å². The molecule has 2 aromatic carbocycles. The van der Waals surface area contributed by atoms with Crippen LogP contribution < -0.4 is 4.72 Å². The quantitative estimate of drug-likeness (QED) is 0.282. The molecular formula is C24H23ClF3N3OS3. The Morgan fingerprint density at radius 3 is 2.34 bits per heavy atom. The average Bonchev–Trinajstić information content (AvgIpc) is 2.85. The zero-order valence-corrected chi connectivity index (χ0v) is 22.0. The van der Waals surface area contributed by atoms with E-state index in [0.29, 0.717) is 10.7 Å². The average molecular weight is 558 g/mol. The van der Waals surface area contributed by atoms with E-state index in [2.05, 4.69) is 38.3 Å². The predicted octanol–water partition coefficient (Wildman–Crippen LogP) is 7.93. The van der Waals surface area contributed by atoms with Gasteiger partial charge in [-0.05, 0) is 84.9 Å². The molecule has 1 N–H and O–H groups in total. The van der Waals surface area contributed by atoms with Gasteiger partial charge in [0.05, 0.1) is 29.5 Å². The SMILES string of the molecule is CCc1nc(NSc2ccc(C(F)(F)F)cc2Cl)ccc1Sc1ccc(SN2CCOCC2)cc1. The molecule has 35 heavy (non-hydrogen) atoms. The molecule has 186 valence electrons. The van der Waals surface area contributed by atoms with Crippen LogP contribution in [0.1, 0.15) is 18.2 Å². The third-order valence-corrected chi connectivity index (χ3v) is 8.57. The number of nitrogens with zero attached hydrogens (tertiary/aromatic N) is 2. The Morgan fingerprint density at radius 2 is 1.69 bits per heavy atom. The van der Waals surface area contributed by atoms with Crippen molar-refractivity contribution in [2.45, 2.75) is 39.1 Å². The number of aryl methyl sites for hydroxylation is 1. The Kier molecular flexibility index (Phi) is 9.18. The number of halogens is 4. The van der Waals surface area contributed by atoms with Crippen LogP contribution in [0.5, 0.6) is 0 Å². The second kappa shape index (κ2) is 12.1. The summed E-state index contributed by atoms with van der Waals surface area (Å²) < 4.78 is 49.3. The largest absolute Gasteiger partial charge is 0.416 e. The first-order chi connectivity index (χ1) is 16.8. The number of alkyl halides is 3. The van der Waals surface area contributed by atoms with E-state index in [1.165, 1.54) is 11.0 Å². The van der Waals surface area contributed by atoms with E-state index in [1.54, 1.807) is 23.7 Å². The molecule has 1 fully saturated rings. The molecule has 0 bridgehead atoms. The summed E-state index contributed by atoms with van der Waals surface area (Å²) >= 11 is 10.6. The molecule has 0 atom stereocenters. The number of morpholine rings is 1. The lowest BCUT2D eigenvalue weighted by molar-refractivity contribution is -0.137. The third kappa shape index (κ3) is 7.47. The van der Waals surface area contributed by atoms with E-state index >= 15 is 0 Å². The van der Waals surface area contributed by atoms with Crippen molar-refractivity contribution in [2.75, 3.05) is 31.0 Å². The molecule has 1 aliphatic heterocycles. The van der Waals surface area contributed by atoms with Gasteiger partial charge in [0, 0.05) is 32.7 Å². The highest BCUT2D eigenvalue weighted by Gasteiger charge is 2.30. The number of rotatable bonds is 8. The standard InChI is InChI=1S/C24H23ClF3N3OS3/c1-2-20-22(33-17-4-6-18(7-5-17)35-31-11-13-32-14-12-31)9-10-23(29-20)30-34-21-8-3-16(15-19(21)25)24(26,27)28/h3-10,15H,2,11-14H2,1H3,(H,29,30). The maximum absolute atomic E-state index is 12.8. The summed E-state index contributed by atoms with van der Waals surface area (Å²) in [6.45, 7) is 5.44. The number of aromatic nitrogens is 1. The fraction of sp³-hybridized carbons (Fsp3) is 0.292. The minimum Gasteiger partial charge on any atom is -0.379 e. The van der Waals surface area contributed by atoms with Crippen LogP contribution in [0.2, 0.25) is 5.02 Å². The number of nitrogens with one attached hydrogen (secondary N) is 1. The van der Waals surface area contributed by atoms with Gasteiger partial charge < -0.3 is 9.46 Å². The summed E-state index contributed by atoms with van der Waals surface area (Å²) in [4.78, 5) is 8.56. The monoisotopic (exact) mass is 557 g/mol. The van der Waals surface area contributed by atoms with Crippen molar-refractivity contribution < 1.29 is 17.9 Å². The molecule has 4 nitrogen and oxygen atoms in total. The number of hydrogen-bond acceptors (Lipinski definition) is 7. The van der Waals surface area contributed by atoms with Crippen molar-refractivity contribution in [3.63, 3.8) is 0 Å². The minimum absolute atomic E-state index is 0.0374. The predicted molar refractivity (Wildman–Crippen MR) is 138 cm³/mol.